The highest BCUT2D eigenvalue weighted by Crippen LogP contribution is 2.24. The number of para-hydroxylation sites is 1. The number of nitrogens with zero attached hydrogens (tertiary/aromatic N) is 5. The van der Waals surface area contributed by atoms with Crippen LogP contribution in [-0.2, 0) is 5.75 Å². The molecule has 5 rings (SSSR count). The number of pyridine rings is 1. The minimum atomic E-state index is -0.178. The van der Waals surface area contributed by atoms with Crippen molar-refractivity contribution < 1.29 is 0 Å². The summed E-state index contributed by atoms with van der Waals surface area (Å²) in [6.45, 7) is 1.95. The highest BCUT2D eigenvalue weighted by atomic mass is 32.2. The van der Waals surface area contributed by atoms with Crippen LogP contribution in [0.4, 0.5) is 0 Å². The van der Waals surface area contributed by atoms with Gasteiger partial charge in [-0.1, -0.05) is 23.9 Å². The summed E-state index contributed by atoms with van der Waals surface area (Å²) in [5.74, 6) is 0.919. The molecule has 0 aliphatic carbocycles. The molecule has 0 N–H and O–H groups in total. The van der Waals surface area contributed by atoms with Gasteiger partial charge in [0.2, 0.25) is 0 Å². The van der Waals surface area contributed by atoms with Gasteiger partial charge >= 0.3 is 0 Å². The Balaban J connectivity index is 1.62. The lowest BCUT2D eigenvalue weighted by Gasteiger charge is -2.12. The van der Waals surface area contributed by atoms with E-state index >= 15 is 0 Å². The summed E-state index contributed by atoms with van der Waals surface area (Å²) in [4.78, 5) is 39.8. The number of aryl methyl sites for hydroxylation is 1. The van der Waals surface area contributed by atoms with E-state index in [2.05, 4.69) is 9.97 Å². The topological polar surface area (TPSA) is 82.2 Å². The zero-order valence-electron chi connectivity index (χ0n) is 15.8. The van der Waals surface area contributed by atoms with E-state index in [1.165, 1.54) is 38.1 Å². The van der Waals surface area contributed by atoms with E-state index in [9.17, 15) is 9.59 Å². The summed E-state index contributed by atoms with van der Waals surface area (Å²) in [5, 5.41) is 2.86. The van der Waals surface area contributed by atoms with Gasteiger partial charge in [-0.25, -0.2) is 19.5 Å². The van der Waals surface area contributed by atoms with Crippen molar-refractivity contribution in [1.29, 1.82) is 0 Å². The van der Waals surface area contributed by atoms with E-state index in [0.717, 1.165) is 5.56 Å². The van der Waals surface area contributed by atoms with Crippen molar-refractivity contribution in [2.45, 2.75) is 17.8 Å². The number of hydrogen-bond acceptors (Lipinski definition) is 7. The van der Waals surface area contributed by atoms with Crippen molar-refractivity contribution >= 4 is 39.0 Å². The number of aromatic nitrogens is 5. The molecule has 0 aliphatic rings. The van der Waals surface area contributed by atoms with Crippen LogP contribution in [0.3, 0.4) is 0 Å². The quantitative estimate of drug-likeness (QED) is 0.319. The standard InChI is InChI=1S/C21H15N5O2S2/c1-13-6-7-22-17(10-13)26-19(28)15-4-2-3-5-16(15)24-21(26)30-12-14-11-18(27)25-8-9-29-20(25)23-14/h2-11H,12H2,1H3. The summed E-state index contributed by atoms with van der Waals surface area (Å²) in [5.41, 5.74) is 1.95. The van der Waals surface area contributed by atoms with Crippen molar-refractivity contribution in [2.24, 2.45) is 0 Å². The van der Waals surface area contributed by atoms with Gasteiger partial charge in [-0.3, -0.25) is 14.0 Å². The molecule has 1 aromatic carbocycles. The van der Waals surface area contributed by atoms with Gasteiger partial charge in [0.15, 0.2) is 10.1 Å². The lowest BCUT2D eigenvalue weighted by molar-refractivity contribution is 0.794. The third-order valence-corrected chi connectivity index (χ3v) is 6.31. The monoisotopic (exact) mass is 433 g/mol. The Morgan fingerprint density at radius 2 is 1.97 bits per heavy atom. The van der Waals surface area contributed by atoms with E-state index in [4.69, 9.17) is 4.98 Å². The summed E-state index contributed by atoms with van der Waals surface area (Å²) < 4.78 is 3.04. The largest absolute Gasteiger partial charge is 0.269 e. The summed E-state index contributed by atoms with van der Waals surface area (Å²) in [6, 6.07) is 12.5. The fourth-order valence-corrected chi connectivity index (χ4v) is 4.79. The molecule has 0 radical (unpaired) electrons. The SMILES string of the molecule is Cc1ccnc(-n2c(SCc3cc(=O)n4ccsc4n3)nc3ccccc3c2=O)c1. The predicted molar refractivity (Wildman–Crippen MR) is 119 cm³/mol. The first kappa shape index (κ1) is 18.7. The molecule has 0 spiro atoms. The second kappa shape index (κ2) is 7.51. The van der Waals surface area contributed by atoms with Gasteiger partial charge in [0.25, 0.3) is 11.1 Å². The zero-order valence-corrected chi connectivity index (χ0v) is 17.5. The first-order chi connectivity index (χ1) is 14.6. The molecule has 0 unspecified atom stereocenters. The summed E-state index contributed by atoms with van der Waals surface area (Å²) >= 11 is 2.76. The van der Waals surface area contributed by atoms with Crippen LogP contribution in [0.15, 0.2) is 75.0 Å². The van der Waals surface area contributed by atoms with Gasteiger partial charge < -0.3 is 0 Å². The average molecular weight is 434 g/mol. The van der Waals surface area contributed by atoms with E-state index < -0.39 is 0 Å². The smallest absolute Gasteiger partial charge is 0.267 e. The Bertz CT molecular complexity index is 1520. The fourth-order valence-electron chi connectivity index (χ4n) is 3.15. The maximum atomic E-state index is 13.3. The molecular formula is C21H15N5O2S2. The van der Waals surface area contributed by atoms with Gasteiger partial charge in [-0.05, 0) is 36.8 Å². The van der Waals surface area contributed by atoms with Crippen LogP contribution < -0.4 is 11.1 Å². The molecule has 4 heterocycles. The van der Waals surface area contributed by atoms with Crippen molar-refractivity contribution in [3.05, 3.63) is 92.2 Å². The molecule has 0 aliphatic heterocycles. The maximum Gasteiger partial charge on any atom is 0.267 e. The molecule has 0 fully saturated rings. The van der Waals surface area contributed by atoms with Gasteiger partial charge in [0.05, 0.1) is 16.6 Å². The van der Waals surface area contributed by atoms with Crippen LogP contribution in [-0.4, -0.2) is 23.9 Å². The van der Waals surface area contributed by atoms with Crippen molar-refractivity contribution in [2.75, 3.05) is 0 Å². The van der Waals surface area contributed by atoms with Crippen molar-refractivity contribution in [1.82, 2.24) is 23.9 Å². The van der Waals surface area contributed by atoms with Gasteiger partial charge in [0.1, 0.15) is 5.82 Å². The third kappa shape index (κ3) is 3.31. The van der Waals surface area contributed by atoms with E-state index in [1.54, 1.807) is 18.5 Å². The van der Waals surface area contributed by atoms with Crippen LogP contribution >= 0.6 is 23.1 Å². The Morgan fingerprint density at radius 1 is 1.10 bits per heavy atom. The molecule has 7 nitrogen and oxygen atoms in total. The number of fused-ring (bicyclic) bond motifs is 2. The highest BCUT2D eigenvalue weighted by Gasteiger charge is 2.15. The number of hydrogen-bond donors (Lipinski definition) is 0. The van der Waals surface area contributed by atoms with Gasteiger partial charge in [0, 0.05) is 29.6 Å². The molecule has 30 heavy (non-hydrogen) atoms. The predicted octanol–water partition coefficient (Wildman–Crippen LogP) is 3.45. The van der Waals surface area contributed by atoms with Crippen LogP contribution in [0.25, 0.3) is 21.7 Å². The number of rotatable bonds is 4. The summed E-state index contributed by atoms with van der Waals surface area (Å²) in [7, 11) is 0. The number of benzene rings is 1. The van der Waals surface area contributed by atoms with Gasteiger partial charge in [-0.2, -0.15) is 0 Å². The Hall–Kier alpha value is -3.30. The molecule has 148 valence electrons. The van der Waals surface area contributed by atoms with Crippen LogP contribution in [0.2, 0.25) is 0 Å². The number of thioether (sulfide) groups is 1. The molecule has 5 aromatic rings. The lowest BCUT2D eigenvalue weighted by Crippen LogP contribution is -2.22. The highest BCUT2D eigenvalue weighted by molar-refractivity contribution is 7.98. The second-order valence-electron chi connectivity index (χ2n) is 6.67. The Kier molecular flexibility index (Phi) is 4.68. The minimum absolute atomic E-state index is 0.124. The molecular weight excluding hydrogens is 418 g/mol. The normalized spacial score (nSPS) is 11.4. The molecule has 0 amide bonds. The average Bonchev–Trinajstić information content (AvgIpc) is 3.22. The Morgan fingerprint density at radius 3 is 2.83 bits per heavy atom. The first-order valence-electron chi connectivity index (χ1n) is 9.13. The minimum Gasteiger partial charge on any atom is -0.269 e. The molecule has 0 saturated heterocycles. The first-order valence-corrected chi connectivity index (χ1v) is 11.0. The van der Waals surface area contributed by atoms with Crippen molar-refractivity contribution in [3.63, 3.8) is 0 Å². The molecule has 0 atom stereocenters. The van der Waals surface area contributed by atoms with Crippen LogP contribution in [0, 0.1) is 6.92 Å². The third-order valence-electron chi connectivity index (χ3n) is 4.58. The lowest BCUT2D eigenvalue weighted by atomic mass is 10.2. The second-order valence-corrected chi connectivity index (χ2v) is 8.49. The molecule has 9 heteroatoms. The van der Waals surface area contributed by atoms with E-state index in [0.29, 0.717) is 38.3 Å². The van der Waals surface area contributed by atoms with Crippen LogP contribution in [0.5, 0.6) is 0 Å². The van der Waals surface area contributed by atoms with E-state index in [1.807, 2.05) is 42.6 Å². The number of thiazole rings is 1. The summed E-state index contributed by atoms with van der Waals surface area (Å²) in [6.07, 6.45) is 3.38. The maximum absolute atomic E-state index is 13.3. The molecule has 4 aromatic heterocycles. The van der Waals surface area contributed by atoms with Crippen molar-refractivity contribution in [3.8, 4) is 5.82 Å². The molecule has 0 bridgehead atoms. The van der Waals surface area contributed by atoms with Crippen LogP contribution in [0.1, 0.15) is 11.3 Å². The van der Waals surface area contributed by atoms with E-state index in [-0.39, 0.29) is 11.1 Å². The molecule has 0 saturated carbocycles. The zero-order chi connectivity index (χ0) is 20.7. The van der Waals surface area contributed by atoms with Gasteiger partial charge in [-0.15, -0.1) is 11.3 Å². The Labute approximate surface area is 178 Å². The fraction of sp³-hybridized carbons (Fsp3) is 0.0952.